The molecule has 0 fully saturated rings. The van der Waals surface area contributed by atoms with E-state index in [1.54, 1.807) is 24.3 Å². The van der Waals surface area contributed by atoms with Crippen LogP contribution in [0.4, 0.5) is 8.78 Å². The quantitative estimate of drug-likeness (QED) is 0.879. The summed E-state index contributed by atoms with van der Waals surface area (Å²) in [6.07, 6.45) is 1.17. The van der Waals surface area contributed by atoms with Crippen LogP contribution in [-0.2, 0) is 12.8 Å². The minimum atomic E-state index is -0.295. The Kier molecular flexibility index (Phi) is 5.10. The SMILES string of the molecule is CNC(Cc1ccc(F)cc1)Cc1c(F)cccc1Cl. The summed E-state index contributed by atoms with van der Waals surface area (Å²) in [4.78, 5) is 0. The molecule has 2 aromatic carbocycles. The van der Waals surface area contributed by atoms with E-state index in [0.717, 1.165) is 5.56 Å². The molecule has 1 atom stereocenters. The fraction of sp³-hybridized carbons (Fsp3) is 0.250. The average molecular weight is 296 g/mol. The molecule has 0 aromatic heterocycles. The average Bonchev–Trinajstić information content (AvgIpc) is 2.44. The summed E-state index contributed by atoms with van der Waals surface area (Å²) in [5.41, 5.74) is 1.51. The van der Waals surface area contributed by atoms with Gasteiger partial charge in [-0.3, -0.25) is 0 Å². The topological polar surface area (TPSA) is 12.0 Å². The number of nitrogens with one attached hydrogen (secondary N) is 1. The molecule has 1 unspecified atom stereocenters. The molecule has 0 saturated heterocycles. The number of benzene rings is 2. The molecule has 0 saturated carbocycles. The van der Waals surface area contributed by atoms with Crippen molar-refractivity contribution in [3.63, 3.8) is 0 Å². The molecule has 0 bridgehead atoms. The van der Waals surface area contributed by atoms with Gasteiger partial charge in [0, 0.05) is 16.6 Å². The Morgan fingerprint density at radius 3 is 2.35 bits per heavy atom. The van der Waals surface area contributed by atoms with Crippen LogP contribution in [0.3, 0.4) is 0 Å². The Labute approximate surface area is 122 Å². The fourth-order valence-electron chi connectivity index (χ4n) is 2.16. The van der Waals surface area contributed by atoms with E-state index in [4.69, 9.17) is 11.6 Å². The van der Waals surface area contributed by atoms with Crippen molar-refractivity contribution in [2.24, 2.45) is 0 Å². The van der Waals surface area contributed by atoms with E-state index < -0.39 is 0 Å². The first-order chi connectivity index (χ1) is 9.60. The van der Waals surface area contributed by atoms with Crippen LogP contribution in [0.5, 0.6) is 0 Å². The minimum Gasteiger partial charge on any atom is -0.316 e. The Balaban J connectivity index is 2.11. The van der Waals surface area contributed by atoms with Crippen LogP contribution in [0, 0.1) is 11.6 Å². The molecular weight excluding hydrogens is 280 g/mol. The van der Waals surface area contributed by atoms with Gasteiger partial charge in [-0.1, -0.05) is 29.8 Å². The van der Waals surface area contributed by atoms with Gasteiger partial charge >= 0.3 is 0 Å². The van der Waals surface area contributed by atoms with Gasteiger partial charge in [0.25, 0.3) is 0 Å². The van der Waals surface area contributed by atoms with Gasteiger partial charge in [0.2, 0.25) is 0 Å². The lowest BCUT2D eigenvalue weighted by atomic mass is 9.98. The monoisotopic (exact) mass is 295 g/mol. The summed E-state index contributed by atoms with van der Waals surface area (Å²) in [7, 11) is 1.82. The zero-order valence-corrected chi connectivity index (χ0v) is 11.9. The van der Waals surface area contributed by atoms with Crippen molar-refractivity contribution >= 4 is 11.6 Å². The molecule has 0 amide bonds. The highest BCUT2D eigenvalue weighted by atomic mass is 35.5. The van der Waals surface area contributed by atoms with E-state index in [1.807, 2.05) is 7.05 Å². The first-order valence-corrected chi connectivity index (χ1v) is 6.82. The molecular formula is C16H16ClF2N. The Morgan fingerprint density at radius 1 is 1.05 bits per heavy atom. The van der Waals surface area contributed by atoms with Gasteiger partial charge in [-0.2, -0.15) is 0 Å². The van der Waals surface area contributed by atoms with Crippen molar-refractivity contribution in [1.29, 1.82) is 0 Å². The Morgan fingerprint density at radius 2 is 1.75 bits per heavy atom. The van der Waals surface area contributed by atoms with Gasteiger partial charge in [0.15, 0.2) is 0 Å². The molecule has 0 radical (unpaired) electrons. The van der Waals surface area contributed by atoms with E-state index in [2.05, 4.69) is 5.32 Å². The second-order valence-corrected chi connectivity index (χ2v) is 5.13. The van der Waals surface area contributed by atoms with Crippen LogP contribution < -0.4 is 5.32 Å². The summed E-state index contributed by atoms with van der Waals surface area (Å²) >= 11 is 6.04. The normalized spacial score (nSPS) is 12.4. The van der Waals surface area contributed by atoms with Crippen molar-refractivity contribution in [1.82, 2.24) is 5.32 Å². The molecule has 0 aliphatic carbocycles. The lowest BCUT2D eigenvalue weighted by molar-refractivity contribution is 0.531. The second kappa shape index (κ2) is 6.82. The molecule has 1 N–H and O–H groups in total. The molecule has 4 heteroatoms. The number of hydrogen-bond donors (Lipinski definition) is 1. The highest BCUT2D eigenvalue weighted by molar-refractivity contribution is 6.31. The lowest BCUT2D eigenvalue weighted by Gasteiger charge is -2.17. The van der Waals surface area contributed by atoms with Gasteiger partial charge < -0.3 is 5.32 Å². The Bertz CT molecular complexity index is 549. The van der Waals surface area contributed by atoms with Crippen LogP contribution in [-0.4, -0.2) is 13.1 Å². The van der Waals surface area contributed by atoms with Gasteiger partial charge in [0.05, 0.1) is 0 Å². The van der Waals surface area contributed by atoms with E-state index >= 15 is 0 Å². The summed E-state index contributed by atoms with van der Waals surface area (Å²) < 4.78 is 26.7. The van der Waals surface area contributed by atoms with Crippen molar-refractivity contribution in [2.75, 3.05) is 7.05 Å². The summed E-state index contributed by atoms with van der Waals surface area (Å²) in [5.74, 6) is -0.552. The van der Waals surface area contributed by atoms with Gasteiger partial charge in [-0.15, -0.1) is 0 Å². The zero-order valence-electron chi connectivity index (χ0n) is 11.2. The highest BCUT2D eigenvalue weighted by Crippen LogP contribution is 2.21. The maximum absolute atomic E-state index is 13.8. The Hall–Kier alpha value is -1.45. The predicted molar refractivity (Wildman–Crippen MR) is 78.1 cm³/mol. The first kappa shape index (κ1) is 14.9. The largest absolute Gasteiger partial charge is 0.316 e. The molecule has 2 rings (SSSR count). The zero-order chi connectivity index (χ0) is 14.5. The maximum Gasteiger partial charge on any atom is 0.127 e. The van der Waals surface area contributed by atoms with E-state index in [0.29, 0.717) is 23.4 Å². The third-order valence-corrected chi connectivity index (χ3v) is 3.67. The number of rotatable bonds is 5. The first-order valence-electron chi connectivity index (χ1n) is 6.44. The van der Waals surface area contributed by atoms with Crippen LogP contribution in [0.2, 0.25) is 5.02 Å². The standard InChI is InChI=1S/C16H16ClF2N/c1-20-13(9-11-5-7-12(18)8-6-11)10-14-15(17)3-2-4-16(14)19/h2-8,13,20H,9-10H2,1H3. The van der Waals surface area contributed by atoms with Gasteiger partial charge in [-0.25, -0.2) is 8.78 Å². The summed E-state index contributed by atoms with van der Waals surface area (Å²) in [5, 5.41) is 3.58. The van der Waals surface area contributed by atoms with Crippen LogP contribution in [0.25, 0.3) is 0 Å². The molecule has 0 aliphatic rings. The van der Waals surface area contributed by atoms with Crippen molar-refractivity contribution in [3.8, 4) is 0 Å². The molecule has 20 heavy (non-hydrogen) atoms. The smallest absolute Gasteiger partial charge is 0.127 e. The van der Waals surface area contributed by atoms with E-state index in [1.165, 1.54) is 18.2 Å². The molecule has 0 spiro atoms. The summed E-state index contributed by atoms with van der Waals surface area (Å²) in [6.45, 7) is 0. The van der Waals surface area contributed by atoms with Crippen LogP contribution in [0.15, 0.2) is 42.5 Å². The lowest BCUT2D eigenvalue weighted by Crippen LogP contribution is -2.30. The van der Waals surface area contributed by atoms with E-state index in [-0.39, 0.29) is 17.7 Å². The van der Waals surface area contributed by atoms with Gasteiger partial charge in [-0.05, 0) is 49.7 Å². The van der Waals surface area contributed by atoms with Crippen LogP contribution in [0.1, 0.15) is 11.1 Å². The van der Waals surface area contributed by atoms with Crippen molar-refractivity contribution < 1.29 is 8.78 Å². The number of hydrogen-bond acceptors (Lipinski definition) is 1. The highest BCUT2D eigenvalue weighted by Gasteiger charge is 2.14. The predicted octanol–water partition coefficient (Wildman–Crippen LogP) is 3.99. The fourth-order valence-corrected chi connectivity index (χ4v) is 2.40. The van der Waals surface area contributed by atoms with Crippen molar-refractivity contribution in [2.45, 2.75) is 18.9 Å². The third-order valence-electron chi connectivity index (χ3n) is 3.32. The summed E-state index contributed by atoms with van der Waals surface area (Å²) in [6, 6.07) is 11.1. The number of halogens is 3. The molecule has 1 nitrogen and oxygen atoms in total. The molecule has 0 aliphatic heterocycles. The molecule has 2 aromatic rings. The molecule has 0 heterocycles. The van der Waals surface area contributed by atoms with Gasteiger partial charge in [0.1, 0.15) is 11.6 Å². The van der Waals surface area contributed by atoms with Crippen LogP contribution >= 0.6 is 11.6 Å². The second-order valence-electron chi connectivity index (χ2n) is 4.72. The maximum atomic E-state index is 13.8. The number of likely N-dealkylation sites (N-methyl/N-ethyl adjacent to an activating group) is 1. The molecule has 106 valence electrons. The third kappa shape index (κ3) is 3.78. The van der Waals surface area contributed by atoms with E-state index in [9.17, 15) is 8.78 Å². The minimum absolute atomic E-state index is 0.0369. The van der Waals surface area contributed by atoms with Crippen molar-refractivity contribution in [3.05, 3.63) is 70.2 Å².